The lowest BCUT2D eigenvalue weighted by molar-refractivity contribution is 0.0590. The molecule has 0 atom stereocenters. The van der Waals surface area contributed by atoms with Crippen LogP contribution in [0.3, 0.4) is 0 Å². The first kappa shape index (κ1) is 20.0. The summed E-state index contributed by atoms with van der Waals surface area (Å²) >= 11 is 0. The summed E-state index contributed by atoms with van der Waals surface area (Å²) in [6.45, 7) is 0. The Morgan fingerprint density at radius 2 is 1.85 bits per heavy atom. The van der Waals surface area contributed by atoms with Gasteiger partial charge in [0.2, 0.25) is 17.8 Å². The van der Waals surface area contributed by atoms with E-state index >= 15 is 0 Å². The smallest absolute Gasteiger partial charge is 0.342 e. The monoisotopic (exact) mass is 402 g/mol. The number of carbonyl (C=O) groups is 2. The predicted octanol–water partition coefficient (Wildman–Crippen LogP) is 1.06. The fourth-order valence-electron chi connectivity index (χ4n) is 1.89. The fourth-order valence-corrected chi connectivity index (χ4v) is 3.00. The lowest BCUT2D eigenvalue weighted by Crippen LogP contribution is -2.36. The normalized spacial score (nSPS) is 10.8. The number of nitrogens with one attached hydrogen (secondary N) is 2. The molecular weight excluding hydrogens is 390 g/mol. The summed E-state index contributed by atoms with van der Waals surface area (Å²) in [7, 11) is -2.58. The Kier molecular flexibility index (Phi) is 5.85. The highest BCUT2D eigenvalue weighted by Gasteiger charge is 2.28. The molecule has 0 unspecified atom stereocenters. The highest BCUT2D eigenvalue weighted by Crippen LogP contribution is 2.20. The average Bonchev–Trinajstić information content (AvgIpc) is 2.59. The van der Waals surface area contributed by atoms with Crippen LogP contribution in [-0.2, 0) is 14.8 Å². The minimum Gasteiger partial charge on any atom is -0.481 e. The van der Waals surface area contributed by atoms with Gasteiger partial charge in [-0.3, -0.25) is 5.32 Å². The maximum Gasteiger partial charge on any atom is 0.342 e. The van der Waals surface area contributed by atoms with Crippen LogP contribution in [0.25, 0.3) is 0 Å². The minimum atomic E-state index is -4.70. The molecule has 13 heteroatoms. The molecule has 1 heterocycles. The second kappa shape index (κ2) is 7.90. The van der Waals surface area contributed by atoms with Gasteiger partial charge in [-0.15, -0.1) is 0 Å². The number of rotatable bonds is 5. The van der Waals surface area contributed by atoms with Crippen LogP contribution in [0.2, 0.25) is 0 Å². The van der Waals surface area contributed by atoms with Crippen LogP contribution in [0.5, 0.6) is 5.88 Å². The first-order chi connectivity index (χ1) is 12.7. The van der Waals surface area contributed by atoms with E-state index in [1.807, 2.05) is 5.32 Å². The van der Waals surface area contributed by atoms with E-state index in [2.05, 4.69) is 19.4 Å². The molecule has 10 nitrogen and oxygen atoms in total. The highest BCUT2D eigenvalue weighted by atomic mass is 32.2. The third-order valence-corrected chi connectivity index (χ3v) is 4.36. The third-order valence-electron chi connectivity index (χ3n) is 2.99. The van der Waals surface area contributed by atoms with Gasteiger partial charge < -0.3 is 9.47 Å². The summed E-state index contributed by atoms with van der Waals surface area (Å²) in [6, 6.07) is 2.21. The van der Waals surface area contributed by atoms with Crippen molar-refractivity contribution >= 4 is 28.0 Å². The Hall–Kier alpha value is -3.35. The second-order valence-corrected chi connectivity index (χ2v) is 6.37. The van der Waals surface area contributed by atoms with E-state index in [-0.39, 0.29) is 5.88 Å². The zero-order chi connectivity index (χ0) is 20.2. The molecule has 2 aromatic rings. The predicted molar refractivity (Wildman–Crippen MR) is 85.6 cm³/mol. The molecule has 0 saturated heterocycles. The van der Waals surface area contributed by atoms with E-state index in [0.29, 0.717) is 0 Å². The molecule has 0 fully saturated rings. The number of sulfonamides is 1. The number of anilines is 1. The van der Waals surface area contributed by atoms with Crippen LogP contribution in [0.4, 0.5) is 19.5 Å². The molecule has 144 valence electrons. The standard InChI is InChI=1S/C14H12F2N4O6S/c1-25-10-6-9(16)17-13(18-10)19-14(22)20-27(23,24)8-5-3-4-7(15)11(8)12(21)26-2/h3-6H,1-2H3,(H2,17,18,19,20,22). The zero-order valence-corrected chi connectivity index (χ0v) is 14.6. The molecule has 0 radical (unpaired) electrons. The van der Waals surface area contributed by atoms with Gasteiger partial charge in [0.1, 0.15) is 16.3 Å². The number of benzene rings is 1. The number of ether oxygens (including phenoxy) is 2. The quantitative estimate of drug-likeness (QED) is 0.560. The Morgan fingerprint density at radius 1 is 1.15 bits per heavy atom. The molecule has 1 aromatic heterocycles. The number of nitrogens with zero attached hydrogens (tertiary/aromatic N) is 2. The van der Waals surface area contributed by atoms with Gasteiger partial charge in [0, 0.05) is 0 Å². The molecule has 2 rings (SSSR count). The first-order valence-electron chi connectivity index (χ1n) is 6.97. The van der Waals surface area contributed by atoms with Crippen molar-refractivity contribution < 1.29 is 36.3 Å². The van der Waals surface area contributed by atoms with Gasteiger partial charge in [0.05, 0.1) is 20.3 Å². The number of hydrogen-bond acceptors (Lipinski definition) is 8. The van der Waals surface area contributed by atoms with Gasteiger partial charge >= 0.3 is 12.0 Å². The molecule has 2 N–H and O–H groups in total. The maximum absolute atomic E-state index is 13.9. The number of hydrogen-bond donors (Lipinski definition) is 2. The van der Waals surface area contributed by atoms with Crippen LogP contribution >= 0.6 is 0 Å². The Bertz CT molecular complexity index is 999. The van der Waals surface area contributed by atoms with Gasteiger partial charge in [-0.25, -0.2) is 27.1 Å². The number of aromatic nitrogens is 2. The Morgan fingerprint density at radius 3 is 2.48 bits per heavy atom. The molecule has 0 spiro atoms. The number of urea groups is 1. The van der Waals surface area contributed by atoms with Gasteiger partial charge in [-0.05, 0) is 12.1 Å². The summed E-state index contributed by atoms with van der Waals surface area (Å²) in [5.74, 6) is -4.28. The SMILES string of the molecule is COC(=O)c1c(F)cccc1S(=O)(=O)NC(=O)Nc1nc(F)cc(OC)n1. The number of amides is 2. The summed E-state index contributed by atoms with van der Waals surface area (Å²) in [4.78, 5) is 29.6. The van der Waals surface area contributed by atoms with Gasteiger partial charge in [-0.1, -0.05) is 6.07 Å². The van der Waals surface area contributed by atoms with E-state index in [9.17, 15) is 26.8 Å². The van der Waals surface area contributed by atoms with Crippen molar-refractivity contribution in [2.45, 2.75) is 4.90 Å². The second-order valence-electron chi connectivity index (χ2n) is 4.72. The third kappa shape index (κ3) is 4.63. The molecule has 0 bridgehead atoms. The number of halogens is 2. The summed E-state index contributed by atoms with van der Waals surface area (Å²) in [5, 5.41) is 1.88. The van der Waals surface area contributed by atoms with E-state index in [1.165, 1.54) is 11.8 Å². The largest absolute Gasteiger partial charge is 0.481 e. The highest BCUT2D eigenvalue weighted by molar-refractivity contribution is 7.90. The molecule has 1 aromatic carbocycles. The van der Waals surface area contributed by atoms with Gasteiger partial charge in [-0.2, -0.15) is 14.4 Å². The van der Waals surface area contributed by atoms with Crippen molar-refractivity contribution in [1.29, 1.82) is 0 Å². The van der Waals surface area contributed by atoms with Crippen molar-refractivity contribution in [2.24, 2.45) is 0 Å². The molecule has 0 saturated carbocycles. The van der Waals surface area contributed by atoms with Crippen LogP contribution in [0.15, 0.2) is 29.2 Å². The minimum absolute atomic E-state index is 0.223. The Labute approximate surface area is 151 Å². The van der Waals surface area contributed by atoms with E-state index in [1.54, 1.807) is 0 Å². The molecule has 0 aliphatic carbocycles. The molecular formula is C14H12F2N4O6S. The topological polar surface area (TPSA) is 137 Å². The van der Waals surface area contributed by atoms with Crippen LogP contribution < -0.4 is 14.8 Å². The summed E-state index contributed by atoms with van der Waals surface area (Å²) in [6.07, 6.45) is 0. The summed E-state index contributed by atoms with van der Waals surface area (Å²) in [5.41, 5.74) is -0.885. The summed E-state index contributed by atoms with van der Waals surface area (Å²) < 4.78 is 62.4. The molecule has 0 aliphatic heterocycles. The zero-order valence-electron chi connectivity index (χ0n) is 13.8. The van der Waals surface area contributed by atoms with Crippen molar-refractivity contribution in [3.05, 3.63) is 41.6 Å². The van der Waals surface area contributed by atoms with Crippen molar-refractivity contribution in [2.75, 3.05) is 19.5 Å². The molecule has 0 aliphatic rings. The molecule has 27 heavy (non-hydrogen) atoms. The lowest BCUT2D eigenvalue weighted by Gasteiger charge is -2.11. The van der Waals surface area contributed by atoms with Crippen LogP contribution in [-0.4, -0.2) is 44.6 Å². The van der Waals surface area contributed by atoms with Crippen LogP contribution in [0, 0.1) is 11.8 Å². The average molecular weight is 402 g/mol. The molecule has 2 amide bonds. The van der Waals surface area contributed by atoms with Gasteiger partial charge in [0.25, 0.3) is 10.0 Å². The number of carbonyl (C=O) groups excluding carboxylic acids is 2. The van der Waals surface area contributed by atoms with Gasteiger partial charge in [0.15, 0.2) is 0 Å². The lowest BCUT2D eigenvalue weighted by atomic mass is 10.2. The number of methoxy groups -OCH3 is 2. The Balaban J connectivity index is 2.29. The van der Waals surface area contributed by atoms with Crippen molar-refractivity contribution in [1.82, 2.24) is 14.7 Å². The maximum atomic E-state index is 13.9. The first-order valence-corrected chi connectivity index (χ1v) is 8.45. The van der Waals surface area contributed by atoms with Crippen molar-refractivity contribution in [3.8, 4) is 5.88 Å². The van der Waals surface area contributed by atoms with Crippen molar-refractivity contribution in [3.63, 3.8) is 0 Å². The van der Waals surface area contributed by atoms with E-state index in [4.69, 9.17) is 0 Å². The fraction of sp³-hybridized carbons (Fsp3) is 0.143. The van der Waals surface area contributed by atoms with Crippen LogP contribution in [0.1, 0.15) is 10.4 Å². The van der Waals surface area contributed by atoms with E-state index < -0.39 is 50.2 Å². The number of esters is 1. The van der Waals surface area contributed by atoms with E-state index in [0.717, 1.165) is 31.4 Å².